The number of ether oxygens (including phenoxy) is 1. The number of aryl methyl sites for hydroxylation is 1. The van der Waals surface area contributed by atoms with E-state index in [2.05, 4.69) is 0 Å². The molecule has 1 aromatic carbocycles. The van der Waals surface area contributed by atoms with Crippen molar-refractivity contribution < 1.29 is 20.1 Å². The van der Waals surface area contributed by atoms with E-state index in [0.717, 1.165) is 10.5 Å². The van der Waals surface area contributed by atoms with E-state index >= 15 is 0 Å². The summed E-state index contributed by atoms with van der Waals surface area (Å²) in [5.41, 5.74) is 0.592. The molecule has 1 aromatic rings. The van der Waals surface area contributed by atoms with Gasteiger partial charge in [-0.15, -0.1) is 0 Å². The Bertz CT molecular complexity index is 394. The number of aliphatic hydroxyl groups is 3. The summed E-state index contributed by atoms with van der Waals surface area (Å²) in [6.07, 6.45) is -3.81. The Morgan fingerprint density at radius 3 is 2.22 bits per heavy atom. The zero-order valence-corrected chi connectivity index (χ0v) is 11.2. The Hall–Kier alpha value is -0.590. The van der Waals surface area contributed by atoms with Crippen LogP contribution in [0.4, 0.5) is 0 Å². The van der Waals surface area contributed by atoms with Crippen LogP contribution in [0.3, 0.4) is 0 Å². The first-order valence-electron chi connectivity index (χ1n) is 5.92. The maximum Gasteiger partial charge on any atom is 0.136 e. The molecule has 0 aromatic heterocycles. The molecule has 18 heavy (non-hydrogen) atoms. The third kappa shape index (κ3) is 2.87. The highest BCUT2D eigenvalue weighted by atomic mass is 32.2. The van der Waals surface area contributed by atoms with Gasteiger partial charge >= 0.3 is 0 Å². The number of hydrogen-bond acceptors (Lipinski definition) is 5. The predicted molar refractivity (Wildman–Crippen MR) is 69.4 cm³/mol. The summed E-state index contributed by atoms with van der Waals surface area (Å²) in [6, 6.07) is 7.84. The number of benzene rings is 1. The minimum absolute atomic E-state index is 0.494. The van der Waals surface area contributed by atoms with Crippen molar-refractivity contribution in [1.29, 1.82) is 0 Å². The molecule has 1 heterocycles. The lowest BCUT2D eigenvalue weighted by atomic mass is 10.0. The first kappa shape index (κ1) is 13.8. The van der Waals surface area contributed by atoms with Crippen LogP contribution < -0.4 is 0 Å². The molecular weight excluding hydrogens is 252 g/mol. The minimum atomic E-state index is -1.17. The Morgan fingerprint density at radius 2 is 1.61 bits per heavy atom. The van der Waals surface area contributed by atoms with E-state index in [1.54, 1.807) is 6.92 Å². The van der Waals surface area contributed by atoms with Crippen LogP contribution >= 0.6 is 11.8 Å². The van der Waals surface area contributed by atoms with Crippen molar-refractivity contribution >= 4 is 11.8 Å². The van der Waals surface area contributed by atoms with Gasteiger partial charge in [-0.05, 0) is 26.0 Å². The van der Waals surface area contributed by atoms with Gasteiger partial charge in [0.15, 0.2) is 0 Å². The van der Waals surface area contributed by atoms with Gasteiger partial charge in [0.25, 0.3) is 0 Å². The van der Waals surface area contributed by atoms with E-state index in [4.69, 9.17) is 4.74 Å². The molecule has 0 spiro atoms. The summed E-state index contributed by atoms with van der Waals surface area (Å²) in [4.78, 5) is 0.959. The lowest BCUT2D eigenvalue weighted by Crippen LogP contribution is -2.55. The van der Waals surface area contributed by atoms with Gasteiger partial charge in [-0.2, -0.15) is 0 Å². The monoisotopic (exact) mass is 270 g/mol. The highest BCUT2D eigenvalue weighted by Crippen LogP contribution is 2.33. The second kappa shape index (κ2) is 5.59. The molecule has 2 rings (SSSR count). The molecule has 1 saturated heterocycles. The van der Waals surface area contributed by atoms with Gasteiger partial charge in [-0.1, -0.05) is 29.5 Å². The SMILES string of the molecule is Cc1ccc(SC2OC(C)C(O)C(O)C2O)cc1. The van der Waals surface area contributed by atoms with Crippen molar-refractivity contribution in [3.05, 3.63) is 29.8 Å². The van der Waals surface area contributed by atoms with Crippen LogP contribution in [0.1, 0.15) is 12.5 Å². The summed E-state index contributed by atoms with van der Waals surface area (Å²) in [5, 5.41) is 29.2. The maximum atomic E-state index is 9.89. The van der Waals surface area contributed by atoms with E-state index in [9.17, 15) is 15.3 Å². The molecule has 4 nitrogen and oxygen atoms in total. The van der Waals surface area contributed by atoms with E-state index in [1.165, 1.54) is 11.8 Å². The molecule has 0 aliphatic carbocycles. The van der Waals surface area contributed by atoms with Crippen molar-refractivity contribution in [2.45, 2.75) is 48.6 Å². The van der Waals surface area contributed by atoms with Crippen molar-refractivity contribution in [2.24, 2.45) is 0 Å². The average Bonchev–Trinajstić information content (AvgIpc) is 2.36. The zero-order valence-electron chi connectivity index (χ0n) is 10.4. The van der Waals surface area contributed by atoms with Crippen molar-refractivity contribution in [1.82, 2.24) is 0 Å². The molecule has 5 heteroatoms. The van der Waals surface area contributed by atoms with Crippen molar-refractivity contribution in [2.75, 3.05) is 0 Å². The first-order valence-corrected chi connectivity index (χ1v) is 6.80. The normalized spacial score (nSPS) is 36.6. The fourth-order valence-corrected chi connectivity index (χ4v) is 2.95. The molecule has 100 valence electrons. The van der Waals surface area contributed by atoms with Crippen LogP contribution in [0.2, 0.25) is 0 Å². The van der Waals surface area contributed by atoms with Gasteiger partial charge in [-0.3, -0.25) is 0 Å². The average molecular weight is 270 g/mol. The first-order chi connectivity index (χ1) is 8.49. The van der Waals surface area contributed by atoms with Gasteiger partial charge < -0.3 is 20.1 Å². The molecule has 1 aliphatic rings. The van der Waals surface area contributed by atoms with Gasteiger partial charge in [0.2, 0.25) is 0 Å². The predicted octanol–water partition coefficient (Wildman–Crippen LogP) is 0.915. The van der Waals surface area contributed by atoms with Crippen LogP contribution in [0.5, 0.6) is 0 Å². The lowest BCUT2D eigenvalue weighted by molar-refractivity contribution is -0.192. The van der Waals surface area contributed by atoms with Gasteiger partial charge in [0.1, 0.15) is 23.7 Å². The van der Waals surface area contributed by atoms with Crippen LogP contribution in [0.15, 0.2) is 29.2 Å². The number of aliphatic hydroxyl groups excluding tert-OH is 3. The van der Waals surface area contributed by atoms with Crippen molar-refractivity contribution in [3.8, 4) is 0 Å². The van der Waals surface area contributed by atoms with Gasteiger partial charge in [0, 0.05) is 4.90 Å². The lowest BCUT2D eigenvalue weighted by Gasteiger charge is -2.38. The Balaban J connectivity index is 2.06. The minimum Gasteiger partial charge on any atom is -0.388 e. The highest BCUT2D eigenvalue weighted by molar-refractivity contribution is 7.99. The largest absolute Gasteiger partial charge is 0.388 e. The molecule has 0 radical (unpaired) electrons. The molecular formula is C13H18O4S. The van der Waals surface area contributed by atoms with E-state index in [0.29, 0.717) is 0 Å². The summed E-state index contributed by atoms with van der Waals surface area (Å²) in [5.74, 6) is 0. The standard InChI is InChI=1S/C13H18O4S/c1-7-3-5-9(6-4-7)18-13-12(16)11(15)10(14)8(2)17-13/h3-6,8,10-16H,1-2H3. The number of rotatable bonds is 2. The van der Waals surface area contributed by atoms with Crippen molar-refractivity contribution in [3.63, 3.8) is 0 Å². The van der Waals surface area contributed by atoms with Crippen LogP contribution in [0.25, 0.3) is 0 Å². The third-order valence-corrected chi connectivity index (χ3v) is 4.25. The second-order valence-electron chi connectivity index (χ2n) is 4.61. The summed E-state index contributed by atoms with van der Waals surface area (Å²) in [7, 11) is 0. The van der Waals surface area contributed by atoms with Gasteiger partial charge in [-0.25, -0.2) is 0 Å². The van der Waals surface area contributed by atoms with Crippen LogP contribution in [0, 0.1) is 6.92 Å². The maximum absolute atomic E-state index is 9.89. The van der Waals surface area contributed by atoms with Crippen LogP contribution in [-0.4, -0.2) is 45.2 Å². The highest BCUT2D eigenvalue weighted by Gasteiger charge is 2.42. The summed E-state index contributed by atoms with van der Waals surface area (Å²) < 4.78 is 5.52. The fourth-order valence-electron chi connectivity index (χ4n) is 1.86. The van der Waals surface area contributed by atoms with Gasteiger partial charge in [0.05, 0.1) is 6.10 Å². The molecule has 0 bridgehead atoms. The third-order valence-electron chi connectivity index (χ3n) is 3.08. The van der Waals surface area contributed by atoms with Crippen LogP contribution in [-0.2, 0) is 4.74 Å². The quantitative estimate of drug-likeness (QED) is 0.745. The smallest absolute Gasteiger partial charge is 0.136 e. The molecule has 1 fully saturated rings. The second-order valence-corrected chi connectivity index (χ2v) is 5.78. The molecule has 5 atom stereocenters. The molecule has 5 unspecified atom stereocenters. The van der Waals surface area contributed by atoms with E-state index in [1.807, 2.05) is 31.2 Å². The molecule has 0 amide bonds. The topological polar surface area (TPSA) is 69.9 Å². The number of hydrogen-bond donors (Lipinski definition) is 3. The Kier molecular flexibility index (Phi) is 4.29. The zero-order chi connectivity index (χ0) is 13.3. The van der Waals surface area contributed by atoms with E-state index < -0.39 is 29.9 Å². The summed E-state index contributed by atoms with van der Waals surface area (Å²) in [6.45, 7) is 3.69. The fraction of sp³-hybridized carbons (Fsp3) is 0.538. The molecule has 3 N–H and O–H groups in total. The summed E-state index contributed by atoms with van der Waals surface area (Å²) >= 11 is 1.35. The molecule has 1 aliphatic heterocycles. The van der Waals surface area contributed by atoms with E-state index in [-0.39, 0.29) is 0 Å². The molecule has 0 saturated carbocycles. The Labute approximate surface area is 111 Å². The Morgan fingerprint density at radius 1 is 1.00 bits per heavy atom. The number of thioether (sulfide) groups is 1.